The molecule has 0 N–H and O–H groups in total. The molecule has 0 aliphatic heterocycles. The van der Waals surface area contributed by atoms with Crippen LogP contribution in [-0.2, 0) is 38.5 Å². The molecule has 0 spiro atoms. The standard InChI is InChI=1S/C87H152S6Si6/c1-80-69-86(74-93-80)51-39-27-11-17-29-41-63-94(3,4)75-96(7,65-43-31-19-12-23-35-47-82-53-58-88-70-82)77-98(9,67-45-33-21-14-25-37-49-84-55-60-90-72-84)79-99(10,68-46-34-22-15-26-38-50-85-56-61-91-73-85)78-97(8,66-44-32-20-13-24-36-48-83-54-59-89-71-83)76-95(5,6)64-42-30-18-16-28-40-52-87-57-62-92-81(87)2/h53-62,69-74H,11-52,63-68,75-79H2,1-10H3. The Morgan fingerprint density at radius 3 is 0.768 bits per heavy atom. The van der Waals surface area contributed by atoms with Gasteiger partial charge in [0.1, 0.15) is 0 Å². The van der Waals surface area contributed by atoms with Gasteiger partial charge in [-0.2, -0.15) is 45.3 Å². The van der Waals surface area contributed by atoms with Gasteiger partial charge in [0.15, 0.2) is 0 Å². The molecule has 0 saturated heterocycles. The van der Waals surface area contributed by atoms with Crippen LogP contribution in [0.1, 0.15) is 274 Å². The number of aryl methyl sites for hydroxylation is 8. The number of thiophene rings is 6. The number of rotatable bonds is 64. The van der Waals surface area contributed by atoms with E-state index in [-0.39, 0.29) is 0 Å². The highest BCUT2D eigenvalue weighted by atomic mass is 32.1. The predicted molar refractivity (Wildman–Crippen MR) is 478 cm³/mol. The smallest absolute Gasteiger partial charge is 0.0452 e. The quantitative estimate of drug-likeness (QED) is 0.0264. The van der Waals surface area contributed by atoms with Crippen LogP contribution in [0.3, 0.4) is 0 Å². The van der Waals surface area contributed by atoms with Crippen molar-refractivity contribution in [3.63, 3.8) is 0 Å². The monoisotopic (exact) mass is 1560 g/mol. The van der Waals surface area contributed by atoms with E-state index in [0.29, 0.717) is 0 Å². The molecule has 6 rings (SSSR count). The van der Waals surface area contributed by atoms with Crippen LogP contribution in [0.2, 0.25) is 117 Å². The SMILES string of the molecule is Cc1cc(CCCCCCCC[Si](C)(C)C[Si](C)(CCCCCCCCc2ccsc2)C[Si](C)(CCCCCCCCc2ccsc2)C[Si](C)(CCCCCCCCc2ccsc2)C[Si](C)(CCCCCCCCc2ccsc2)C[Si](C)(C)CCCCCCCCc2ccsc2C)cs1. The minimum absolute atomic E-state index is 1.29. The second-order valence-corrected chi connectivity index (χ2v) is 74.3. The summed E-state index contributed by atoms with van der Waals surface area (Å²) in [5, 5.41) is 23.4. The Labute approximate surface area is 644 Å². The van der Waals surface area contributed by atoms with Crippen molar-refractivity contribution in [1.29, 1.82) is 0 Å². The minimum atomic E-state index is -1.65. The third kappa shape index (κ3) is 40.3. The molecule has 99 heavy (non-hydrogen) atoms. The lowest BCUT2D eigenvalue weighted by molar-refractivity contribution is 0.604. The van der Waals surface area contributed by atoms with Crippen molar-refractivity contribution >= 4 is 116 Å². The summed E-state index contributed by atoms with van der Waals surface area (Å²) in [6.45, 7) is 28.8. The van der Waals surface area contributed by atoms with Crippen LogP contribution in [0, 0.1) is 13.8 Å². The van der Waals surface area contributed by atoms with Crippen LogP contribution in [0.5, 0.6) is 0 Å². The topological polar surface area (TPSA) is 0 Å². The van der Waals surface area contributed by atoms with Crippen LogP contribution in [0.15, 0.2) is 90.2 Å². The second kappa shape index (κ2) is 50.2. The van der Waals surface area contributed by atoms with Gasteiger partial charge >= 0.3 is 0 Å². The molecule has 6 heterocycles. The van der Waals surface area contributed by atoms with Crippen molar-refractivity contribution in [3.8, 4) is 0 Å². The summed E-state index contributed by atoms with van der Waals surface area (Å²) >= 11 is 11.4. The Balaban J connectivity index is 1.21. The van der Waals surface area contributed by atoms with E-state index in [4.69, 9.17) is 0 Å². The van der Waals surface area contributed by atoms with Gasteiger partial charge < -0.3 is 0 Å². The Morgan fingerprint density at radius 2 is 0.505 bits per heavy atom. The van der Waals surface area contributed by atoms with E-state index in [0.717, 1.165) is 0 Å². The van der Waals surface area contributed by atoms with Gasteiger partial charge in [-0.05, 0) is 214 Å². The number of hydrogen-bond acceptors (Lipinski definition) is 6. The van der Waals surface area contributed by atoms with Crippen molar-refractivity contribution in [3.05, 3.63) is 133 Å². The first-order valence-corrected chi connectivity index (χ1v) is 66.8. The zero-order valence-corrected chi connectivity index (χ0v) is 77.1. The molecule has 0 amide bonds. The third-order valence-corrected chi connectivity index (χ3v) is 72.9. The molecule has 12 heteroatoms. The molecule has 6 aromatic rings. The predicted octanol–water partition coefficient (Wildman–Crippen LogP) is 32.9. The number of unbranched alkanes of at least 4 members (excludes halogenated alkanes) is 30. The first-order valence-electron chi connectivity index (χ1n) is 41.9. The maximum Gasteiger partial charge on any atom is 0.0452 e. The van der Waals surface area contributed by atoms with Crippen LogP contribution < -0.4 is 0 Å². The van der Waals surface area contributed by atoms with Gasteiger partial charge in [0.05, 0.1) is 0 Å². The molecule has 0 aromatic carbocycles. The normalized spacial score (nSPS) is 14.8. The Morgan fingerprint density at radius 1 is 0.242 bits per heavy atom. The Hall–Kier alpha value is -0.499. The molecule has 4 unspecified atom stereocenters. The summed E-state index contributed by atoms with van der Waals surface area (Å²) in [6, 6.07) is 24.1. The molecule has 0 nitrogen and oxygen atoms in total. The van der Waals surface area contributed by atoms with Crippen molar-refractivity contribution in [1.82, 2.24) is 0 Å². The van der Waals surface area contributed by atoms with E-state index >= 15 is 0 Å². The Kier molecular flexibility index (Phi) is 44.3. The van der Waals surface area contributed by atoms with Crippen molar-refractivity contribution in [2.45, 2.75) is 400 Å². The molecule has 0 bridgehead atoms. The zero-order valence-electron chi connectivity index (χ0n) is 66.2. The van der Waals surface area contributed by atoms with Crippen LogP contribution in [0.4, 0.5) is 0 Å². The first kappa shape index (κ1) is 87.4. The average molecular weight is 1560 g/mol. The van der Waals surface area contributed by atoms with Gasteiger partial charge in [-0.25, -0.2) is 0 Å². The molecule has 560 valence electrons. The molecular weight excluding hydrogens is 1410 g/mol. The summed E-state index contributed by atoms with van der Waals surface area (Å²) in [5.41, 5.74) is 18.3. The largest absolute Gasteiger partial charge is 0.152 e. The second-order valence-electron chi connectivity index (χ2n) is 35.8. The fraction of sp³-hybridized carbons (Fsp3) is 0.724. The van der Waals surface area contributed by atoms with Crippen molar-refractivity contribution in [2.75, 3.05) is 0 Å². The molecular formula is C87H152S6Si6. The summed E-state index contributed by atoms with van der Waals surface area (Å²) in [7, 11) is -9.21. The van der Waals surface area contributed by atoms with Crippen molar-refractivity contribution < 1.29 is 0 Å². The molecule has 6 aromatic heterocycles. The lowest BCUT2D eigenvalue weighted by Crippen LogP contribution is -2.55. The third-order valence-electron chi connectivity index (χ3n) is 23.5. The maximum atomic E-state index is 3.17. The molecule has 4 atom stereocenters. The molecule has 0 fully saturated rings. The van der Waals surface area contributed by atoms with Crippen LogP contribution >= 0.6 is 68.0 Å². The highest BCUT2D eigenvalue weighted by Gasteiger charge is 2.48. The zero-order chi connectivity index (χ0) is 70.7. The van der Waals surface area contributed by atoms with Gasteiger partial charge in [0.25, 0.3) is 0 Å². The lowest BCUT2D eigenvalue weighted by Gasteiger charge is -2.47. The fourth-order valence-electron chi connectivity index (χ4n) is 19.2. The number of hydrogen-bond donors (Lipinski definition) is 0. The van der Waals surface area contributed by atoms with E-state index in [1.165, 1.54) is 262 Å². The first-order chi connectivity index (χ1) is 47.8. The maximum absolute atomic E-state index is 3.17. The lowest BCUT2D eigenvalue weighted by atomic mass is 10.1. The van der Waals surface area contributed by atoms with E-state index < -0.39 is 48.4 Å². The van der Waals surface area contributed by atoms with Crippen LogP contribution in [0.25, 0.3) is 0 Å². The fourth-order valence-corrected chi connectivity index (χ4v) is 87.1. The van der Waals surface area contributed by atoms with E-state index in [1.54, 1.807) is 116 Å². The molecule has 0 aliphatic carbocycles. The summed E-state index contributed by atoms with van der Waals surface area (Å²) < 4.78 is 0. The van der Waals surface area contributed by atoms with Gasteiger partial charge in [0, 0.05) is 58.2 Å². The van der Waals surface area contributed by atoms with Gasteiger partial charge in [0.2, 0.25) is 0 Å². The average Bonchev–Trinajstić information content (AvgIpc) is 1.05. The molecule has 0 radical (unpaired) electrons. The van der Waals surface area contributed by atoms with Gasteiger partial charge in [-0.1, -0.05) is 310 Å². The highest BCUT2D eigenvalue weighted by Crippen LogP contribution is 2.46. The van der Waals surface area contributed by atoms with Crippen molar-refractivity contribution in [2.24, 2.45) is 0 Å². The van der Waals surface area contributed by atoms with Gasteiger partial charge in [-0.15, -0.1) is 22.7 Å². The molecule has 0 aliphatic rings. The summed E-state index contributed by atoms with van der Waals surface area (Å²) in [4.78, 5) is 3.02. The van der Waals surface area contributed by atoms with Gasteiger partial charge in [-0.3, -0.25) is 0 Å². The molecule has 0 saturated carbocycles. The van der Waals surface area contributed by atoms with E-state index in [2.05, 4.69) is 156 Å². The Bertz CT molecular complexity index is 2830. The highest BCUT2D eigenvalue weighted by molar-refractivity contribution is 7.12. The summed E-state index contributed by atoms with van der Waals surface area (Å²) in [5.74, 6) is 0. The minimum Gasteiger partial charge on any atom is -0.152 e. The van der Waals surface area contributed by atoms with E-state index in [1.807, 2.05) is 68.0 Å². The van der Waals surface area contributed by atoms with E-state index in [9.17, 15) is 0 Å². The summed E-state index contributed by atoms with van der Waals surface area (Å²) in [6.07, 6.45) is 60.2. The van der Waals surface area contributed by atoms with Crippen LogP contribution in [-0.4, -0.2) is 48.4 Å².